The zero-order valence-corrected chi connectivity index (χ0v) is 20.0. The number of carbonyl (C=O) groups excluding carboxylic acids is 1. The standard InChI is InChI=1S/C25H27N3O2S2/c1-3-4-5-18-8-10-19(11-9-18)26-22(29)16-32-25-27-21-14-15-31-23(21)24(30)28(25)20-12-6-17(2)7-13-20/h6-13H,3-5,14-16H2,1-2H3,(H,26,29). The maximum atomic E-state index is 13.2. The molecule has 1 amide bonds. The first-order chi connectivity index (χ1) is 15.5. The van der Waals surface area contributed by atoms with Crippen molar-refractivity contribution in [1.29, 1.82) is 0 Å². The number of rotatable bonds is 8. The summed E-state index contributed by atoms with van der Waals surface area (Å²) in [6.07, 6.45) is 4.17. The van der Waals surface area contributed by atoms with Crippen LogP contribution in [0.2, 0.25) is 0 Å². The van der Waals surface area contributed by atoms with E-state index < -0.39 is 0 Å². The quantitative estimate of drug-likeness (QED) is 0.363. The van der Waals surface area contributed by atoms with E-state index in [9.17, 15) is 9.59 Å². The number of anilines is 1. The summed E-state index contributed by atoms with van der Waals surface area (Å²) in [4.78, 5) is 31.3. The van der Waals surface area contributed by atoms with E-state index >= 15 is 0 Å². The molecule has 0 unspecified atom stereocenters. The second-order valence-corrected chi connectivity index (χ2v) is 9.93. The minimum Gasteiger partial charge on any atom is -0.325 e. The Morgan fingerprint density at radius 3 is 2.62 bits per heavy atom. The predicted molar refractivity (Wildman–Crippen MR) is 133 cm³/mol. The van der Waals surface area contributed by atoms with Crippen LogP contribution in [-0.4, -0.2) is 27.0 Å². The lowest BCUT2D eigenvalue weighted by Crippen LogP contribution is -2.24. The van der Waals surface area contributed by atoms with E-state index in [4.69, 9.17) is 4.98 Å². The highest BCUT2D eigenvalue weighted by molar-refractivity contribution is 8.00. The molecule has 4 rings (SSSR count). The summed E-state index contributed by atoms with van der Waals surface area (Å²) < 4.78 is 1.64. The van der Waals surface area contributed by atoms with Crippen LogP contribution in [0.1, 0.15) is 36.6 Å². The van der Waals surface area contributed by atoms with Crippen LogP contribution in [0.4, 0.5) is 5.69 Å². The lowest BCUT2D eigenvalue weighted by molar-refractivity contribution is -0.113. The van der Waals surface area contributed by atoms with Gasteiger partial charge >= 0.3 is 0 Å². The van der Waals surface area contributed by atoms with Crippen LogP contribution < -0.4 is 10.9 Å². The molecule has 166 valence electrons. The summed E-state index contributed by atoms with van der Waals surface area (Å²) in [5.74, 6) is 0.937. The number of thioether (sulfide) groups is 2. The molecule has 1 aromatic heterocycles. The van der Waals surface area contributed by atoms with Crippen LogP contribution in [0.3, 0.4) is 0 Å². The maximum Gasteiger partial charge on any atom is 0.272 e. The topological polar surface area (TPSA) is 64.0 Å². The fourth-order valence-electron chi connectivity index (χ4n) is 3.57. The van der Waals surface area contributed by atoms with Crippen LogP contribution >= 0.6 is 23.5 Å². The Labute approximate surface area is 197 Å². The van der Waals surface area contributed by atoms with Gasteiger partial charge in [0.05, 0.1) is 22.0 Å². The van der Waals surface area contributed by atoms with Gasteiger partial charge in [-0.15, -0.1) is 11.8 Å². The van der Waals surface area contributed by atoms with E-state index in [0.717, 1.165) is 52.5 Å². The third kappa shape index (κ3) is 5.27. The van der Waals surface area contributed by atoms with Crippen molar-refractivity contribution >= 4 is 35.1 Å². The summed E-state index contributed by atoms with van der Waals surface area (Å²) in [5, 5.41) is 3.51. The number of fused-ring (bicyclic) bond motifs is 1. The zero-order chi connectivity index (χ0) is 22.5. The third-order valence-electron chi connectivity index (χ3n) is 5.35. The first kappa shape index (κ1) is 22.7. The summed E-state index contributed by atoms with van der Waals surface area (Å²) in [7, 11) is 0. The Morgan fingerprint density at radius 2 is 1.91 bits per heavy atom. The van der Waals surface area contributed by atoms with Gasteiger partial charge in [-0.2, -0.15) is 0 Å². The van der Waals surface area contributed by atoms with E-state index in [-0.39, 0.29) is 17.2 Å². The number of hydrogen-bond acceptors (Lipinski definition) is 5. The minimum atomic E-state index is -0.115. The number of benzene rings is 2. The fourth-order valence-corrected chi connectivity index (χ4v) is 5.43. The van der Waals surface area contributed by atoms with E-state index in [1.807, 2.05) is 43.3 Å². The molecule has 1 aliphatic heterocycles. The predicted octanol–water partition coefficient (Wildman–Crippen LogP) is 5.26. The number of aryl methyl sites for hydroxylation is 3. The van der Waals surface area contributed by atoms with Gasteiger partial charge in [-0.3, -0.25) is 14.2 Å². The van der Waals surface area contributed by atoms with E-state index in [0.29, 0.717) is 5.16 Å². The molecular weight excluding hydrogens is 438 g/mol. The average molecular weight is 466 g/mol. The molecule has 0 bridgehead atoms. The molecule has 0 saturated carbocycles. The van der Waals surface area contributed by atoms with Gasteiger partial charge in [0.2, 0.25) is 5.91 Å². The maximum absolute atomic E-state index is 13.2. The number of aromatic nitrogens is 2. The first-order valence-electron chi connectivity index (χ1n) is 10.9. The van der Waals surface area contributed by atoms with Crippen molar-refractivity contribution < 1.29 is 4.79 Å². The van der Waals surface area contributed by atoms with Gasteiger partial charge in [0.25, 0.3) is 5.56 Å². The Balaban J connectivity index is 1.50. The zero-order valence-electron chi connectivity index (χ0n) is 18.4. The Hall–Kier alpha value is -2.51. The Morgan fingerprint density at radius 1 is 1.16 bits per heavy atom. The number of carbonyl (C=O) groups is 1. The lowest BCUT2D eigenvalue weighted by Gasteiger charge is -2.14. The van der Waals surface area contributed by atoms with Crippen molar-refractivity contribution in [2.45, 2.75) is 49.6 Å². The fraction of sp³-hybridized carbons (Fsp3) is 0.320. The number of amides is 1. The van der Waals surface area contributed by atoms with Gasteiger partial charge in [-0.05, 0) is 49.6 Å². The van der Waals surface area contributed by atoms with Crippen molar-refractivity contribution in [3.63, 3.8) is 0 Å². The summed E-state index contributed by atoms with van der Waals surface area (Å²) >= 11 is 2.86. The highest BCUT2D eigenvalue weighted by Gasteiger charge is 2.23. The molecule has 1 N–H and O–H groups in total. The first-order valence-corrected chi connectivity index (χ1v) is 12.9. The molecule has 0 fully saturated rings. The molecular formula is C25H27N3O2S2. The van der Waals surface area contributed by atoms with Crippen LogP contribution in [-0.2, 0) is 17.6 Å². The van der Waals surface area contributed by atoms with E-state index in [2.05, 4.69) is 24.4 Å². The van der Waals surface area contributed by atoms with Crippen molar-refractivity contribution in [3.05, 3.63) is 75.7 Å². The van der Waals surface area contributed by atoms with Crippen molar-refractivity contribution in [1.82, 2.24) is 9.55 Å². The largest absolute Gasteiger partial charge is 0.325 e. The van der Waals surface area contributed by atoms with Crippen LogP contribution in [0, 0.1) is 6.92 Å². The molecule has 5 nitrogen and oxygen atoms in total. The van der Waals surface area contributed by atoms with E-state index in [1.165, 1.54) is 23.7 Å². The smallest absolute Gasteiger partial charge is 0.272 e. The van der Waals surface area contributed by atoms with Gasteiger partial charge in [0.15, 0.2) is 5.16 Å². The molecule has 32 heavy (non-hydrogen) atoms. The lowest BCUT2D eigenvalue weighted by atomic mass is 10.1. The normalized spacial score (nSPS) is 12.6. The van der Waals surface area contributed by atoms with Crippen LogP contribution in [0.25, 0.3) is 5.69 Å². The molecule has 1 aliphatic rings. The molecule has 2 heterocycles. The minimum absolute atomic E-state index is 0.0491. The highest BCUT2D eigenvalue weighted by Crippen LogP contribution is 2.30. The number of nitrogens with zero attached hydrogens (tertiary/aromatic N) is 2. The SMILES string of the molecule is CCCCc1ccc(NC(=O)CSc2nc3c(c(=O)n2-c2ccc(C)cc2)SCC3)cc1. The van der Waals surface area contributed by atoms with Gasteiger partial charge in [-0.25, -0.2) is 4.98 Å². The van der Waals surface area contributed by atoms with Gasteiger partial charge in [0, 0.05) is 17.9 Å². The Kier molecular flexibility index (Phi) is 7.37. The highest BCUT2D eigenvalue weighted by atomic mass is 32.2. The average Bonchev–Trinajstić information content (AvgIpc) is 3.27. The van der Waals surface area contributed by atoms with Crippen molar-refractivity contribution in [3.8, 4) is 5.69 Å². The van der Waals surface area contributed by atoms with E-state index in [1.54, 1.807) is 16.3 Å². The summed E-state index contributed by atoms with van der Waals surface area (Å²) in [6, 6.07) is 15.8. The van der Waals surface area contributed by atoms with Crippen LogP contribution in [0.5, 0.6) is 0 Å². The molecule has 7 heteroatoms. The summed E-state index contributed by atoms with van der Waals surface area (Å²) in [5.41, 5.74) is 4.75. The molecule has 2 aromatic carbocycles. The van der Waals surface area contributed by atoms with Gasteiger partial charge in [0.1, 0.15) is 0 Å². The van der Waals surface area contributed by atoms with Gasteiger partial charge in [-0.1, -0.05) is 54.9 Å². The second-order valence-electron chi connectivity index (χ2n) is 7.88. The molecule has 0 radical (unpaired) electrons. The number of hydrogen-bond donors (Lipinski definition) is 1. The Bertz CT molecular complexity index is 1160. The molecule has 0 saturated heterocycles. The molecule has 0 aliphatic carbocycles. The van der Waals surface area contributed by atoms with Crippen molar-refractivity contribution in [2.24, 2.45) is 0 Å². The second kappa shape index (κ2) is 10.4. The molecule has 3 aromatic rings. The number of unbranched alkanes of at least 4 members (excludes halogenated alkanes) is 1. The monoisotopic (exact) mass is 465 g/mol. The molecule has 0 spiro atoms. The third-order valence-corrected chi connectivity index (χ3v) is 7.39. The number of nitrogens with one attached hydrogen (secondary N) is 1. The van der Waals surface area contributed by atoms with Crippen molar-refractivity contribution in [2.75, 3.05) is 16.8 Å². The summed E-state index contributed by atoms with van der Waals surface area (Å²) in [6.45, 7) is 4.19. The van der Waals surface area contributed by atoms with Gasteiger partial charge < -0.3 is 5.32 Å². The van der Waals surface area contributed by atoms with Crippen LogP contribution in [0.15, 0.2) is 63.4 Å². The molecule has 0 atom stereocenters.